The number of halogens is 1. The molecule has 2 heterocycles. The highest BCUT2D eigenvalue weighted by molar-refractivity contribution is 9.10. The van der Waals surface area contributed by atoms with Crippen LogP contribution in [0.2, 0.25) is 0 Å². The van der Waals surface area contributed by atoms with Crippen LogP contribution in [-0.4, -0.2) is 41.0 Å². The van der Waals surface area contributed by atoms with Gasteiger partial charge in [0.15, 0.2) is 0 Å². The third kappa shape index (κ3) is 2.10. The van der Waals surface area contributed by atoms with Crippen LogP contribution in [0.1, 0.15) is 17.1 Å². The van der Waals surface area contributed by atoms with Crippen molar-refractivity contribution in [3.8, 4) is 11.3 Å². The number of imidazole rings is 1. The average Bonchev–Trinajstić information content (AvgIpc) is 2.99. The summed E-state index contributed by atoms with van der Waals surface area (Å²) >= 11 is 3.63. The number of nitrogens with one attached hydrogen (secondary N) is 2. The van der Waals surface area contributed by atoms with Crippen molar-refractivity contribution in [2.45, 2.75) is 13.0 Å². The van der Waals surface area contributed by atoms with Crippen molar-refractivity contribution in [3.05, 3.63) is 39.8 Å². The Bertz CT molecular complexity index is 643. The van der Waals surface area contributed by atoms with Crippen LogP contribution in [0.15, 0.2) is 22.7 Å². The molecule has 104 valence electrons. The zero-order valence-electron chi connectivity index (χ0n) is 11.2. The molecular formula is C15H17BrN4. The maximum absolute atomic E-state index is 4.83. The van der Waals surface area contributed by atoms with Gasteiger partial charge in [0, 0.05) is 48.3 Å². The van der Waals surface area contributed by atoms with Crippen molar-refractivity contribution < 1.29 is 0 Å². The second kappa shape index (κ2) is 4.98. The van der Waals surface area contributed by atoms with Crippen LogP contribution < -0.4 is 5.32 Å². The third-order valence-electron chi connectivity index (χ3n) is 4.14. The summed E-state index contributed by atoms with van der Waals surface area (Å²) in [7, 11) is 0. The van der Waals surface area contributed by atoms with Crippen LogP contribution in [0.4, 0.5) is 0 Å². The van der Waals surface area contributed by atoms with Crippen LogP contribution in [0.5, 0.6) is 0 Å². The zero-order chi connectivity index (χ0) is 13.5. The van der Waals surface area contributed by atoms with Crippen LogP contribution in [0, 0.1) is 0 Å². The molecule has 5 heteroatoms. The molecule has 0 atom stereocenters. The molecule has 4 nitrogen and oxygen atoms in total. The first-order valence-electron chi connectivity index (χ1n) is 7.10. The number of H-pyrrole nitrogens is 1. The molecule has 1 aliphatic carbocycles. The first-order chi connectivity index (χ1) is 9.81. The minimum absolute atomic E-state index is 0.929. The number of aromatic amines is 1. The Labute approximate surface area is 126 Å². The van der Waals surface area contributed by atoms with Gasteiger partial charge in [-0.1, -0.05) is 28.1 Å². The van der Waals surface area contributed by atoms with Crippen LogP contribution >= 0.6 is 15.9 Å². The lowest BCUT2D eigenvalue weighted by atomic mass is 10.1. The lowest BCUT2D eigenvalue weighted by Crippen LogP contribution is -2.43. The molecule has 1 aromatic carbocycles. The van der Waals surface area contributed by atoms with Crippen molar-refractivity contribution in [3.63, 3.8) is 0 Å². The van der Waals surface area contributed by atoms with E-state index in [1.807, 2.05) is 0 Å². The van der Waals surface area contributed by atoms with E-state index in [0.29, 0.717) is 0 Å². The quantitative estimate of drug-likeness (QED) is 0.755. The van der Waals surface area contributed by atoms with E-state index >= 15 is 0 Å². The van der Waals surface area contributed by atoms with Gasteiger partial charge < -0.3 is 10.3 Å². The molecule has 1 aliphatic heterocycles. The largest absolute Gasteiger partial charge is 0.344 e. The fourth-order valence-corrected chi connectivity index (χ4v) is 3.61. The van der Waals surface area contributed by atoms with Crippen molar-refractivity contribution in [2.75, 3.05) is 26.2 Å². The van der Waals surface area contributed by atoms with E-state index in [1.54, 1.807) is 0 Å². The monoisotopic (exact) mass is 332 g/mol. The van der Waals surface area contributed by atoms with E-state index in [2.05, 4.69) is 49.3 Å². The van der Waals surface area contributed by atoms with Gasteiger partial charge in [0.1, 0.15) is 5.82 Å². The average molecular weight is 333 g/mol. The molecule has 0 bridgehead atoms. The summed E-state index contributed by atoms with van der Waals surface area (Å²) in [5.74, 6) is 1.10. The number of fused-ring (bicyclic) bond motifs is 3. The van der Waals surface area contributed by atoms with Crippen LogP contribution in [-0.2, 0) is 13.0 Å². The second-order valence-corrected chi connectivity index (χ2v) is 6.33. The molecule has 1 saturated heterocycles. The highest BCUT2D eigenvalue weighted by Crippen LogP contribution is 2.38. The first-order valence-corrected chi connectivity index (χ1v) is 7.89. The number of aromatic nitrogens is 2. The van der Waals surface area contributed by atoms with E-state index < -0.39 is 0 Å². The van der Waals surface area contributed by atoms with Gasteiger partial charge in [0.05, 0.1) is 12.2 Å². The van der Waals surface area contributed by atoms with E-state index in [1.165, 1.54) is 21.3 Å². The highest BCUT2D eigenvalue weighted by Gasteiger charge is 2.24. The Morgan fingerprint density at radius 1 is 1.25 bits per heavy atom. The summed E-state index contributed by atoms with van der Waals surface area (Å²) < 4.78 is 1.19. The smallest absolute Gasteiger partial charge is 0.121 e. The molecule has 0 unspecified atom stereocenters. The Kier molecular flexibility index (Phi) is 3.13. The molecule has 2 aliphatic rings. The number of rotatable bonds is 2. The van der Waals surface area contributed by atoms with E-state index in [-0.39, 0.29) is 0 Å². The molecule has 0 spiro atoms. The molecule has 0 saturated carbocycles. The number of piperazine rings is 1. The van der Waals surface area contributed by atoms with Crippen molar-refractivity contribution in [1.29, 1.82) is 0 Å². The zero-order valence-corrected chi connectivity index (χ0v) is 12.8. The number of nitrogens with zero attached hydrogens (tertiary/aromatic N) is 2. The van der Waals surface area contributed by atoms with E-state index in [4.69, 9.17) is 4.98 Å². The summed E-state index contributed by atoms with van der Waals surface area (Å²) in [6.07, 6.45) is 0.959. The molecule has 20 heavy (non-hydrogen) atoms. The molecular weight excluding hydrogens is 316 g/mol. The summed E-state index contributed by atoms with van der Waals surface area (Å²) in [6.45, 7) is 5.30. The predicted molar refractivity (Wildman–Crippen MR) is 82.7 cm³/mol. The number of benzene rings is 1. The van der Waals surface area contributed by atoms with Gasteiger partial charge in [-0.25, -0.2) is 4.98 Å². The molecule has 2 aromatic rings. The van der Waals surface area contributed by atoms with Gasteiger partial charge in [0.25, 0.3) is 0 Å². The Morgan fingerprint density at radius 2 is 2.10 bits per heavy atom. The first kappa shape index (κ1) is 12.6. The van der Waals surface area contributed by atoms with Crippen molar-refractivity contribution in [2.24, 2.45) is 0 Å². The standard InChI is InChI=1S/C15H17BrN4/c16-12-3-1-2-10-11(12)8-13-15(10)19-14(18-13)9-20-6-4-17-5-7-20/h1-3,17H,4-9H2,(H,18,19). The SMILES string of the molecule is Brc1cccc2c1Cc1[nH]c(CN3CCNCC3)nc1-2. The van der Waals surface area contributed by atoms with Crippen LogP contribution in [0.25, 0.3) is 11.3 Å². The lowest BCUT2D eigenvalue weighted by molar-refractivity contribution is 0.228. The predicted octanol–water partition coefficient (Wildman–Crippen LogP) is 2.15. The molecule has 0 radical (unpaired) electrons. The van der Waals surface area contributed by atoms with Gasteiger partial charge in [0.2, 0.25) is 0 Å². The summed E-state index contributed by atoms with van der Waals surface area (Å²) in [4.78, 5) is 10.8. The Balaban J connectivity index is 1.60. The van der Waals surface area contributed by atoms with Gasteiger partial charge in [-0.05, 0) is 11.6 Å². The fraction of sp³-hybridized carbons (Fsp3) is 0.400. The summed E-state index contributed by atoms with van der Waals surface area (Å²) in [5.41, 5.74) is 5.04. The molecule has 1 aromatic heterocycles. The second-order valence-electron chi connectivity index (χ2n) is 5.48. The Morgan fingerprint density at radius 3 is 2.95 bits per heavy atom. The summed E-state index contributed by atoms with van der Waals surface area (Å²) in [6, 6.07) is 6.36. The highest BCUT2D eigenvalue weighted by atomic mass is 79.9. The van der Waals surface area contributed by atoms with Gasteiger partial charge in [-0.3, -0.25) is 4.90 Å². The molecule has 1 fully saturated rings. The number of hydrogen-bond donors (Lipinski definition) is 2. The normalized spacial score (nSPS) is 18.1. The van der Waals surface area contributed by atoms with Crippen molar-refractivity contribution >= 4 is 15.9 Å². The third-order valence-corrected chi connectivity index (χ3v) is 4.88. The van der Waals surface area contributed by atoms with Gasteiger partial charge in [-0.2, -0.15) is 0 Å². The van der Waals surface area contributed by atoms with E-state index in [0.717, 1.165) is 50.7 Å². The van der Waals surface area contributed by atoms with Crippen LogP contribution in [0.3, 0.4) is 0 Å². The number of hydrogen-bond acceptors (Lipinski definition) is 3. The molecule has 2 N–H and O–H groups in total. The van der Waals surface area contributed by atoms with Crippen molar-refractivity contribution in [1.82, 2.24) is 20.2 Å². The molecule has 4 rings (SSSR count). The minimum Gasteiger partial charge on any atom is -0.344 e. The maximum atomic E-state index is 4.83. The van der Waals surface area contributed by atoms with E-state index in [9.17, 15) is 0 Å². The maximum Gasteiger partial charge on any atom is 0.121 e. The van der Waals surface area contributed by atoms with Gasteiger partial charge in [-0.15, -0.1) is 0 Å². The van der Waals surface area contributed by atoms with Gasteiger partial charge >= 0.3 is 0 Å². The minimum atomic E-state index is 0.929. The molecule has 0 amide bonds. The Hall–Kier alpha value is -1.17. The topological polar surface area (TPSA) is 44.0 Å². The fourth-order valence-electron chi connectivity index (χ4n) is 3.11. The lowest BCUT2D eigenvalue weighted by Gasteiger charge is -2.26. The summed E-state index contributed by atoms with van der Waals surface area (Å²) in [5, 5.41) is 3.38.